The Morgan fingerprint density at radius 3 is 2.50 bits per heavy atom. The Balaban J connectivity index is 1.90. The maximum absolute atomic E-state index is 12.8. The molecular weight excluding hydrogens is 460 g/mol. The molecule has 142 valence electrons. The maximum atomic E-state index is 12.8. The third-order valence-electron chi connectivity index (χ3n) is 4.30. The molecule has 4 rings (SSSR count). The molecule has 9 heteroatoms. The summed E-state index contributed by atoms with van der Waals surface area (Å²) in [5.74, 6) is 1.17. The predicted molar refractivity (Wildman–Crippen MR) is 117 cm³/mol. The zero-order valence-electron chi connectivity index (χ0n) is 15.0. The first kappa shape index (κ1) is 19.1. The highest BCUT2D eigenvalue weighted by Gasteiger charge is 2.18. The summed E-state index contributed by atoms with van der Waals surface area (Å²) in [7, 11) is 3.10. The van der Waals surface area contributed by atoms with Crippen LogP contribution < -0.4 is 11.2 Å². The number of thioether (sulfide) groups is 1. The van der Waals surface area contributed by atoms with Gasteiger partial charge in [-0.3, -0.25) is 13.9 Å². The molecule has 0 atom stereocenters. The SMILES string of the molecule is Cn1c(=O)c2c(SCc3ccc(Br)cc3)nc(-c3cccs3)nc2n(C)c1=O. The van der Waals surface area contributed by atoms with Gasteiger partial charge < -0.3 is 0 Å². The molecule has 0 aliphatic heterocycles. The summed E-state index contributed by atoms with van der Waals surface area (Å²) in [6, 6.07) is 11.9. The van der Waals surface area contributed by atoms with E-state index in [0.717, 1.165) is 19.5 Å². The Hall–Kier alpha value is -2.23. The second-order valence-electron chi connectivity index (χ2n) is 6.15. The molecule has 28 heavy (non-hydrogen) atoms. The summed E-state index contributed by atoms with van der Waals surface area (Å²) in [4.78, 5) is 35.3. The van der Waals surface area contributed by atoms with Gasteiger partial charge in [0.2, 0.25) is 0 Å². The third-order valence-corrected chi connectivity index (χ3v) is 6.74. The minimum atomic E-state index is -0.405. The van der Waals surface area contributed by atoms with Gasteiger partial charge >= 0.3 is 5.69 Å². The molecule has 0 fully saturated rings. The Bertz CT molecular complexity index is 1280. The molecule has 0 N–H and O–H groups in total. The summed E-state index contributed by atoms with van der Waals surface area (Å²) in [6.07, 6.45) is 0. The highest BCUT2D eigenvalue weighted by atomic mass is 79.9. The van der Waals surface area contributed by atoms with Crippen molar-refractivity contribution < 1.29 is 0 Å². The van der Waals surface area contributed by atoms with E-state index in [1.807, 2.05) is 41.8 Å². The molecule has 3 heterocycles. The molecule has 0 amide bonds. The van der Waals surface area contributed by atoms with Crippen LogP contribution in [0.4, 0.5) is 0 Å². The van der Waals surface area contributed by atoms with Crippen molar-refractivity contribution in [1.29, 1.82) is 0 Å². The van der Waals surface area contributed by atoms with Crippen LogP contribution in [0.1, 0.15) is 5.56 Å². The van der Waals surface area contributed by atoms with E-state index in [1.165, 1.54) is 34.7 Å². The number of aryl methyl sites for hydroxylation is 1. The van der Waals surface area contributed by atoms with Gasteiger partial charge in [-0.1, -0.05) is 34.1 Å². The van der Waals surface area contributed by atoms with Gasteiger partial charge in [0.1, 0.15) is 10.4 Å². The molecule has 0 saturated carbocycles. The van der Waals surface area contributed by atoms with Crippen LogP contribution in [0.5, 0.6) is 0 Å². The van der Waals surface area contributed by atoms with E-state index >= 15 is 0 Å². The van der Waals surface area contributed by atoms with E-state index in [9.17, 15) is 9.59 Å². The first-order chi connectivity index (χ1) is 13.5. The van der Waals surface area contributed by atoms with Gasteiger partial charge in [-0.2, -0.15) is 0 Å². The number of thiophene rings is 1. The van der Waals surface area contributed by atoms with Gasteiger partial charge in [-0.15, -0.1) is 23.1 Å². The number of hydrogen-bond donors (Lipinski definition) is 0. The van der Waals surface area contributed by atoms with E-state index in [4.69, 9.17) is 0 Å². The second kappa shape index (κ2) is 7.65. The summed E-state index contributed by atoms with van der Waals surface area (Å²) < 4.78 is 3.51. The van der Waals surface area contributed by atoms with Crippen molar-refractivity contribution in [2.45, 2.75) is 10.8 Å². The highest BCUT2D eigenvalue weighted by molar-refractivity contribution is 9.10. The van der Waals surface area contributed by atoms with Crippen LogP contribution in [0, 0.1) is 0 Å². The zero-order valence-corrected chi connectivity index (χ0v) is 18.3. The molecule has 0 unspecified atom stereocenters. The molecule has 6 nitrogen and oxygen atoms in total. The number of nitrogens with zero attached hydrogens (tertiary/aromatic N) is 4. The van der Waals surface area contributed by atoms with Crippen molar-refractivity contribution in [3.05, 3.63) is 72.7 Å². The van der Waals surface area contributed by atoms with E-state index in [2.05, 4.69) is 25.9 Å². The monoisotopic (exact) mass is 474 g/mol. The van der Waals surface area contributed by atoms with Crippen molar-refractivity contribution in [3.8, 4) is 10.7 Å². The smallest absolute Gasteiger partial charge is 0.280 e. The highest BCUT2D eigenvalue weighted by Crippen LogP contribution is 2.30. The van der Waals surface area contributed by atoms with Crippen LogP contribution in [-0.4, -0.2) is 19.1 Å². The minimum absolute atomic E-state index is 0.352. The van der Waals surface area contributed by atoms with Crippen LogP contribution >= 0.6 is 39.0 Å². The van der Waals surface area contributed by atoms with Crippen molar-refractivity contribution in [3.63, 3.8) is 0 Å². The van der Waals surface area contributed by atoms with E-state index in [1.54, 1.807) is 7.05 Å². The van der Waals surface area contributed by atoms with Gasteiger partial charge in [0.05, 0.1) is 4.88 Å². The van der Waals surface area contributed by atoms with Crippen LogP contribution in [0.15, 0.2) is 60.9 Å². The Kier molecular flexibility index (Phi) is 5.22. The van der Waals surface area contributed by atoms with Crippen molar-refractivity contribution >= 4 is 50.1 Å². The van der Waals surface area contributed by atoms with Crippen molar-refractivity contribution in [2.24, 2.45) is 14.1 Å². The van der Waals surface area contributed by atoms with Gasteiger partial charge in [-0.05, 0) is 29.1 Å². The topological polar surface area (TPSA) is 69.8 Å². The quantitative estimate of drug-likeness (QED) is 0.332. The normalized spacial score (nSPS) is 11.2. The number of benzene rings is 1. The largest absolute Gasteiger partial charge is 0.332 e. The molecule has 4 aromatic rings. The Morgan fingerprint density at radius 2 is 1.82 bits per heavy atom. The fourth-order valence-electron chi connectivity index (χ4n) is 2.78. The molecule has 0 radical (unpaired) electrons. The molecular formula is C19H15BrN4O2S2. The number of halogens is 1. The molecule has 0 bridgehead atoms. The molecule has 1 aromatic carbocycles. The lowest BCUT2D eigenvalue weighted by Gasteiger charge is -2.11. The Morgan fingerprint density at radius 1 is 1.07 bits per heavy atom. The van der Waals surface area contributed by atoms with Gasteiger partial charge in [0.25, 0.3) is 5.56 Å². The van der Waals surface area contributed by atoms with E-state index < -0.39 is 5.69 Å². The summed E-state index contributed by atoms with van der Waals surface area (Å²) in [6.45, 7) is 0. The van der Waals surface area contributed by atoms with Gasteiger partial charge in [-0.25, -0.2) is 14.8 Å². The zero-order chi connectivity index (χ0) is 19.8. The average Bonchev–Trinajstić information content (AvgIpc) is 3.24. The predicted octanol–water partition coefficient (Wildman–Crippen LogP) is 3.81. The molecule has 0 spiro atoms. The number of aromatic nitrogens is 4. The lowest BCUT2D eigenvalue weighted by atomic mass is 10.2. The number of rotatable bonds is 4. The van der Waals surface area contributed by atoms with Crippen LogP contribution in [-0.2, 0) is 19.8 Å². The number of hydrogen-bond acceptors (Lipinski definition) is 6. The third kappa shape index (κ3) is 3.45. The lowest BCUT2D eigenvalue weighted by molar-refractivity contribution is 0.703. The van der Waals surface area contributed by atoms with Crippen LogP contribution in [0.2, 0.25) is 0 Å². The van der Waals surface area contributed by atoms with Crippen LogP contribution in [0.3, 0.4) is 0 Å². The van der Waals surface area contributed by atoms with Crippen molar-refractivity contribution in [2.75, 3.05) is 0 Å². The first-order valence-corrected chi connectivity index (χ1v) is 11.0. The minimum Gasteiger partial charge on any atom is -0.280 e. The van der Waals surface area contributed by atoms with E-state index in [-0.39, 0.29) is 5.56 Å². The fraction of sp³-hybridized carbons (Fsp3) is 0.158. The van der Waals surface area contributed by atoms with Crippen molar-refractivity contribution in [1.82, 2.24) is 19.1 Å². The number of fused-ring (bicyclic) bond motifs is 1. The summed E-state index contributed by atoms with van der Waals surface area (Å²) in [5.41, 5.74) is 0.676. The lowest BCUT2D eigenvalue weighted by Crippen LogP contribution is -2.37. The van der Waals surface area contributed by atoms with E-state index in [0.29, 0.717) is 27.6 Å². The van der Waals surface area contributed by atoms with Crippen LogP contribution in [0.25, 0.3) is 21.7 Å². The summed E-state index contributed by atoms with van der Waals surface area (Å²) in [5, 5.41) is 2.89. The van der Waals surface area contributed by atoms with Gasteiger partial charge in [0, 0.05) is 24.3 Å². The summed E-state index contributed by atoms with van der Waals surface area (Å²) >= 11 is 6.42. The Labute approximate surface area is 177 Å². The standard InChI is InChI=1S/C19H15BrN4O2S2/c1-23-16-14(18(25)24(2)19(23)26)17(22-15(21-16)13-4-3-9-27-13)28-10-11-5-7-12(20)8-6-11/h3-9H,10H2,1-2H3. The molecule has 0 saturated heterocycles. The van der Waals surface area contributed by atoms with Gasteiger partial charge in [0.15, 0.2) is 11.5 Å². The molecule has 3 aromatic heterocycles. The molecule has 0 aliphatic carbocycles. The second-order valence-corrected chi connectivity index (χ2v) is 8.98. The first-order valence-electron chi connectivity index (χ1n) is 8.34. The average molecular weight is 475 g/mol. The maximum Gasteiger partial charge on any atom is 0.332 e. The fourth-order valence-corrected chi connectivity index (χ4v) is 4.67. The molecule has 0 aliphatic rings.